The molecule has 1 aliphatic rings. The minimum absolute atomic E-state index is 0.136. The van der Waals surface area contributed by atoms with Crippen molar-refractivity contribution in [3.8, 4) is 0 Å². The summed E-state index contributed by atoms with van der Waals surface area (Å²) < 4.78 is 26.9. The quantitative estimate of drug-likeness (QED) is 0.632. The van der Waals surface area contributed by atoms with Crippen LogP contribution in [0.4, 0.5) is 5.69 Å². The average molecular weight is 444 g/mol. The molecule has 2 aromatic rings. The Labute approximate surface area is 186 Å². The number of carbonyl (C=O) groups is 1. The Kier molecular flexibility index (Phi) is 7.73. The molecule has 6 nitrogen and oxygen atoms in total. The van der Waals surface area contributed by atoms with Crippen molar-refractivity contribution in [2.24, 2.45) is 5.92 Å². The number of hydrogen-bond donors (Lipinski definition) is 1. The number of aryl methyl sites for hydroxylation is 1. The molecule has 0 aromatic heterocycles. The Morgan fingerprint density at radius 2 is 1.81 bits per heavy atom. The van der Waals surface area contributed by atoms with E-state index in [9.17, 15) is 13.2 Å². The van der Waals surface area contributed by atoms with Gasteiger partial charge >= 0.3 is 0 Å². The van der Waals surface area contributed by atoms with E-state index in [1.165, 1.54) is 24.2 Å². The van der Waals surface area contributed by atoms with Crippen molar-refractivity contribution < 1.29 is 13.2 Å². The Hall–Kier alpha value is -2.38. The molecule has 1 amide bonds. The van der Waals surface area contributed by atoms with E-state index in [1.54, 1.807) is 48.5 Å². The van der Waals surface area contributed by atoms with Gasteiger partial charge in [0, 0.05) is 25.7 Å². The maximum Gasteiger partial charge on any atom is 0.264 e. The topological polar surface area (TPSA) is 69.7 Å². The van der Waals surface area contributed by atoms with Crippen LogP contribution in [0.15, 0.2) is 53.4 Å². The number of amides is 1. The molecule has 2 aromatic carbocycles. The number of nitrogens with zero attached hydrogens (tertiary/aromatic N) is 2. The molecule has 1 heterocycles. The summed E-state index contributed by atoms with van der Waals surface area (Å²) in [5, 5.41) is 2.96. The summed E-state index contributed by atoms with van der Waals surface area (Å²) in [6.45, 7) is 8.14. The predicted octanol–water partition coefficient (Wildman–Crippen LogP) is 3.67. The van der Waals surface area contributed by atoms with Crippen LogP contribution in [0.2, 0.25) is 0 Å². The van der Waals surface area contributed by atoms with Crippen molar-refractivity contribution >= 4 is 21.6 Å². The monoisotopic (exact) mass is 443 g/mol. The lowest BCUT2D eigenvalue weighted by molar-refractivity contribution is 0.0950. The smallest absolute Gasteiger partial charge is 0.264 e. The number of nitrogens with one attached hydrogen (secondary N) is 1. The Balaban J connectivity index is 1.53. The lowest BCUT2D eigenvalue weighted by Crippen LogP contribution is -2.36. The number of piperidine rings is 1. The number of likely N-dealkylation sites (tertiary alicyclic amines) is 1. The molecule has 31 heavy (non-hydrogen) atoms. The highest BCUT2D eigenvalue weighted by atomic mass is 32.2. The van der Waals surface area contributed by atoms with Crippen molar-refractivity contribution in [1.82, 2.24) is 10.2 Å². The average Bonchev–Trinajstić information content (AvgIpc) is 2.76. The van der Waals surface area contributed by atoms with Crippen LogP contribution >= 0.6 is 0 Å². The highest BCUT2D eigenvalue weighted by Crippen LogP contribution is 2.22. The number of hydrogen-bond acceptors (Lipinski definition) is 4. The van der Waals surface area contributed by atoms with Crippen LogP contribution < -0.4 is 9.62 Å². The zero-order valence-corrected chi connectivity index (χ0v) is 19.5. The lowest BCUT2D eigenvalue weighted by Gasteiger charge is -2.30. The van der Waals surface area contributed by atoms with Crippen LogP contribution in [0.5, 0.6) is 0 Å². The fraction of sp³-hybridized carbons (Fsp3) is 0.458. The van der Waals surface area contributed by atoms with Gasteiger partial charge in [0.2, 0.25) is 0 Å². The van der Waals surface area contributed by atoms with Crippen LogP contribution in [-0.4, -0.2) is 52.5 Å². The number of anilines is 1. The van der Waals surface area contributed by atoms with Gasteiger partial charge in [-0.2, -0.15) is 0 Å². The molecule has 0 spiro atoms. The molecule has 1 N–H and O–H groups in total. The van der Waals surface area contributed by atoms with E-state index in [-0.39, 0.29) is 10.8 Å². The molecule has 1 aliphatic heterocycles. The van der Waals surface area contributed by atoms with Gasteiger partial charge in [0.15, 0.2) is 0 Å². The van der Waals surface area contributed by atoms with E-state index < -0.39 is 10.0 Å². The van der Waals surface area contributed by atoms with Crippen molar-refractivity contribution in [2.45, 2.75) is 38.0 Å². The summed E-state index contributed by atoms with van der Waals surface area (Å²) in [6.07, 6.45) is 3.49. The van der Waals surface area contributed by atoms with Crippen LogP contribution in [0.3, 0.4) is 0 Å². The highest BCUT2D eigenvalue weighted by Gasteiger charge is 2.21. The molecule has 0 bridgehead atoms. The summed E-state index contributed by atoms with van der Waals surface area (Å²) in [5.74, 6) is 0.623. The summed E-state index contributed by atoms with van der Waals surface area (Å²) in [5.41, 5.74) is 2.04. The normalized spacial score (nSPS) is 17.3. The summed E-state index contributed by atoms with van der Waals surface area (Å²) in [4.78, 5) is 15.1. The van der Waals surface area contributed by atoms with Crippen LogP contribution in [-0.2, 0) is 10.0 Å². The number of carbonyl (C=O) groups excluding carboxylic acids is 1. The van der Waals surface area contributed by atoms with Gasteiger partial charge in [-0.3, -0.25) is 9.10 Å². The standard InChI is InChI=1S/C24H33N3O3S/c1-19-7-13-23(14-8-19)31(29,30)26(3)22-11-9-21(10-12-22)24(28)25-15-5-17-27-16-4-6-20(2)18-27/h7-14,20H,4-6,15-18H2,1-3H3,(H,25,28)/t20-/m1/s1. The third kappa shape index (κ3) is 6.08. The molecule has 0 aliphatic carbocycles. The summed E-state index contributed by atoms with van der Waals surface area (Å²) in [7, 11) is -2.13. The van der Waals surface area contributed by atoms with Crippen molar-refractivity contribution in [3.05, 3.63) is 59.7 Å². The van der Waals surface area contributed by atoms with Gasteiger partial charge < -0.3 is 10.2 Å². The molecule has 0 unspecified atom stereocenters. The van der Waals surface area contributed by atoms with Gasteiger partial charge in [-0.15, -0.1) is 0 Å². The first kappa shape index (κ1) is 23.3. The number of rotatable bonds is 8. The second-order valence-corrected chi connectivity index (χ2v) is 10.5. The second-order valence-electron chi connectivity index (χ2n) is 8.49. The van der Waals surface area contributed by atoms with E-state index in [0.717, 1.165) is 37.5 Å². The zero-order chi connectivity index (χ0) is 22.4. The maximum absolute atomic E-state index is 12.8. The summed E-state index contributed by atoms with van der Waals surface area (Å²) >= 11 is 0. The Morgan fingerprint density at radius 3 is 2.45 bits per heavy atom. The highest BCUT2D eigenvalue weighted by molar-refractivity contribution is 7.92. The van der Waals surface area contributed by atoms with Gasteiger partial charge in [-0.25, -0.2) is 8.42 Å². The van der Waals surface area contributed by atoms with Crippen LogP contribution in [0.1, 0.15) is 42.1 Å². The predicted molar refractivity (Wildman–Crippen MR) is 125 cm³/mol. The number of sulfonamides is 1. The van der Waals surface area contributed by atoms with Crippen LogP contribution in [0, 0.1) is 12.8 Å². The summed E-state index contributed by atoms with van der Waals surface area (Å²) in [6, 6.07) is 13.4. The second kappa shape index (κ2) is 10.3. The molecule has 0 radical (unpaired) electrons. The van der Waals surface area contributed by atoms with Crippen molar-refractivity contribution in [3.63, 3.8) is 0 Å². The third-order valence-electron chi connectivity index (χ3n) is 5.85. The van der Waals surface area contributed by atoms with Gasteiger partial charge in [0.25, 0.3) is 15.9 Å². The SMILES string of the molecule is Cc1ccc(S(=O)(=O)N(C)c2ccc(C(=O)NCCCN3CCC[C@@H](C)C3)cc2)cc1. The largest absolute Gasteiger partial charge is 0.352 e. The minimum Gasteiger partial charge on any atom is -0.352 e. The molecule has 1 atom stereocenters. The van der Waals surface area contributed by atoms with Crippen molar-refractivity contribution in [2.75, 3.05) is 37.5 Å². The fourth-order valence-corrected chi connectivity index (χ4v) is 5.12. The zero-order valence-electron chi connectivity index (χ0n) is 18.7. The molecular formula is C24H33N3O3S. The molecule has 1 saturated heterocycles. The fourth-order valence-electron chi connectivity index (χ4n) is 3.93. The molecule has 168 valence electrons. The molecule has 0 saturated carbocycles. The van der Waals surface area contributed by atoms with Gasteiger partial charge in [0.1, 0.15) is 0 Å². The van der Waals surface area contributed by atoms with Gasteiger partial charge in [-0.05, 0) is 81.6 Å². The van der Waals surface area contributed by atoms with E-state index in [1.807, 2.05) is 6.92 Å². The van der Waals surface area contributed by atoms with E-state index in [0.29, 0.717) is 17.8 Å². The van der Waals surface area contributed by atoms with E-state index in [4.69, 9.17) is 0 Å². The Morgan fingerprint density at radius 1 is 1.13 bits per heavy atom. The first-order valence-corrected chi connectivity index (χ1v) is 12.4. The van der Waals surface area contributed by atoms with Crippen molar-refractivity contribution in [1.29, 1.82) is 0 Å². The maximum atomic E-state index is 12.8. The molecule has 7 heteroatoms. The lowest BCUT2D eigenvalue weighted by atomic mass is 10.0. The third-order valence-corrected chi connectivity index (χ3v) is 7.65. The van der Waals surface area contributed by atoms with E-state index in [2.05, 4.69) is 17.1 Å². The van der Waals surface area contributed by atoms with Gasteiger partial charge in [-0.1, -0.05) is 24.6 Å². The molecule has 3 rings (SSSR count). The number of benzene rings is 2. The first-order chi connectivity index (χ1) is 14.8. The molecule has 1 fully saturated rings. The Bertz CT molecular complexity index is 972. The van der Waals surface area contributed by atoms with Crippen LogP contribution in [0.25, 0.3) is 0 Å². The first-order valence-electron chi connectivity index (χ1n) is 10.9. The molecular weight excluding hydrogens is 410 g/mol. The minimum atomic E-state index is -3.65. The van der Waals surface area contributed by atoms with Gasteiger partial charge in [0.05, 0.1) is 10.6 Å². The van der Waals surface area contributed by atoms with E-state index >= 15 is 0 Å².